The third kappa shape index (κ3) is 4.48. The molecule has 0 saturated carbocycles. The minimum atomic E-state index is -4.81. The molecule has 0 saturated heterocycles. The SMILES string of the molecule is O=C(NCCN1C(=O)N=C2C=CSC2C1=O)c1ccc(OC(F)(F)F)cc1. The van der Waals surface area contributed by atoms with Crippen LogP contribution in [0.2, 0.25) is 0 Å². The summed E-state index contributed by atoms with van der Waals surface area (Å²) in [4.78, 5) is 41.0. The standard InChI is InChI=1S/C16H12F3N3O4S/c17-16(18,19)26-10-3-1-9(2-4-10)13(23)20-6-7-22-14(24)12-11(5-8-27-12)21-15(22)25/h1-5,8,12H,6-7H2,(H,20,23). The highest BCUT2D eigenvalue weighted by atomic mass is 32.2. The Morgan fingerprint density at radius 1 is 1.26 bits per heavy atom. The summed E-state index contributed by atoms with van der Waals surface area (Å²) in [5.41, 5.74) is 0.521. The van der Waals surface area contributed by atoms with Gasteiger partial charge in [0.2, 0.25) is 5.91 Å². The highest BCUT2D eigenvalue weighted by Gasteiger charge is 2.38. The Kier molecular flexibility index (Phi) is 5.22. The molecule has 27 heavy (non-hydrogen) atoms. The lowest BCUT2D eigenvalue weighted by Gasteiger charge is -2.25. The summed E-state index contributed by atoms with van der Waals surface area (Å²) in [7, 11) is 0. The number of halogens is 3. The number of imide groups is 1. The van der Waals surface area contributed by atoms with Crippen molar-refractivity contribution in [2.75, 3.05) is 13.1 Å². The number of fused-ring (bicyclic) bond motifs is 1. The van der Waals surface area contributed by atoms with Crippen LogP contribution in [-0.4, -0.2) is 53.2 Å². The van der Waals surface area contributed by atoms with Crippen LogP contribution in [0.3, 0.4) is 0 Å². The van der Waals surface area contributed by atoms with Gasteiger partial charge in [0, 0.05) is 18.7 Å². The van der Waals surface area contributed by atoms with Crippen molar-refractivity contribution in [1.82, 2.24) is 10.2 Å². The molecule has 0 radical (unpaired) electrons. The van der Waals surface area contributed by atoms with Crippen molar-refractivity contribution < 1.29 is 32.3 Å². The number of carbonyl (C=O) groups excluding carboxylic acids is 3. The third-order valence-electron chi connectivity index (χ3n) is 3.64. The largest absolute Gasteiger partial charge is 0.573 e. The van der Waals surface area contributed by atoms with Gasteiger partial charge in [0.15, 0.2) is 0 Å². The van der Waals surface area contributed by atoms with Crippen molar-refractivity contribution in [3.05, 3.63) is 41.3 Å². The van der Waals surface area contributed by atoms with Crippen molar-refractivity contribution >= 4 is 35.3 Å². The van der Waals surface area contributed by atoms with E-state index in [1.807, 2.05) is 0 Å². The number of hydrogen-bond acceptors (Lipinski definition) is 5. The first kappa shape index (κ1) is 19.0. The van der Waals surface area contributed by atoms with E-state index in [4.69, 9.17) is 0 Å². The van der Waals surface area contributed by atoms with Gasteiger partial charge < -0.3 is 10.1 Å². The minimum Gasteiger partial charge on any atom is -0.406 e. The van der Waals surface area contributed by atoms with Gasteiger partial charge in [0.25, 0.3) is 5.91 Å². The van der Waals surface area contributed by atoms with Gasteiger partial charge >= 0.3 is 12.4 Å². The zero-order chi connectivity index (χ0) is 19.6. The van der Waals surface area contributed by atoms with E-state index in [0.717, 1.165) is 17.0 Å². The fraction of sp³-hybridized carbons (Fsp3) is 0.250. The summed E-state index contributed by atoms with van der Waals surface area (Å²) in [5, 5.41) is 3.64. The molecule has 2 aliphatic heterocycles. The first-order chi connectivity index (χ1) is 12.7. The van der Waals surface area contributed by atoms with Crippen LogP contribution < -0.4 is 10.1 Å². The Hall–Kier alpha value is -2.82. The topological polar surface area (TPSA) is 88.1 Å². The molecule has 0 bridgehead atoms. The normalized spacial score (nSPS) is 19.0. The second-order valence-electron chi connectivity index (χ2n) is 5.46. The summed E-state index contributed by atoms with van der Waals surface area (Å²) in [5.74, 6) is -1.41. The molecule has 0 fully saturated rings. The maximum atomic E-state index is 12.3. The second-order valence-corrected chi connectivity index (χ2v) is 6.47. The van der Waals surface area contributed by atoms with Gasteiger partial charge in [-0.3, -0.25) is 14.5 Å². The predicted octanol–water partition coefficient (Wildman–Crippen LogP) is 2.35. The number of carbonyl (C=O) groups is 3. The minimum absolute atomic E-state index is 0.0210. The van der Waals surface area contributed by atoms with E-state index in [9.17, 15) is 27.6 Å². The lowest BCUT2D eigenvalue weighted by atomic mass is 10.2. The van der Waals surface area contributed by atoms with E-state index in [2.05, 4.69) is 15.0 Å². The van der Waals surface area contributed by atoms with E-state index < -0.39 is 35.2 Å². The molecule has 142 valence electrons. The number of hydrogen-bond donors (Lipinski definition) is 1. The maximum Gasteiger partial charge on any atom is 0.573 e. The van der Waals surface area contributed by atoms with Crippen LogP contribution in [0.25, 0.3) is 0 Å². The van der Waals surface area contributed by atoms with Crippen molar-refractivity contribution in [3.63, 3.8) is 0 Å². The number of allylic oxidation sites excluding steroid dienone is 1. The molecule has 1 aromatic carbocycles. The Balaban J connectivity index is 1.52. The molecule has 2 heterocycles. The Labute approximate surface area is 155 Å². The smallest absolute Gasteiger partial charge is 0.406 e. The molecule has 0 aromatic heterocycles. The average Bonchev–Trinajstić information content (AvgIpc) is 3.05. The molecule has 11 heteroatoms. The first-order valence-electron chi connectivity index (χ1n) is 7.64. The number of thioether (sulfide) groups is 1. The van der Waals surface area contributed by atoms with E-state index in [1.165, 1.54) is 23.9 Å². The van der Waals surface area contributed by atoms with Crippen LogP contribution in [-0.2, 0) is 4.79 Å². The molecular formula is C16H12F3N3O4S. The summed E-state index contributed by atoms with van der Waals surface area (Å²) < 4.78 is 40.1. The summed E-state index contributed by atoms with van der Waals surface area (Å²) in [6.07, 6.45) is -3.21. The van der Waals surface area contributed by atoms with E-state index in [0.29, 0.717) is 5.71 Å². The molecule has 0 aliphatic carbocycles. The van der Waals surface area contributed by atoms with Crippen LogP contribution in [0.15, 0.2) is 40.7 Å². The van der Waals surface area contributed by atoms with Gasteiger partial charge in [0.1, 0.15) is 11.0 Å². The van der Waals surface area contributed by atoms with Gasteiger partial charge in [-0.05, 0) is 35.7 Å². The molecule has 1 unspecified atom stereocenters. The van der Waals surface area contributed by atoms with Gasteiger partial charge in [-0.2, -0.15) is 4.99 Å². The summed E-state index contributed by atoms with van der Waals surface area (Å²) in [6.45, 7) is -0.0840. The molecule has 1 aromatic rings. The predicted molar refractivity (Wildman–Crippen MR) is 90.5 cm³/mol. The molecule has 1 atom stereocenters. The van der Waals surface area contributed by atoms with Crippen molar-refractivity contribution in [2.24, 2.45) is 4.99 Å². The lowest BCUT2D eigenvalue weighted by Crippen LogP contribution is -2.49. The van der Waals surface area contributed by atoms with Crippen LogP contribution in [0, 0.1) is 0 Å². The molecule has 0 spiro atoms. The van der Waals surface area contributed by atoms with Gasteiger partial charge in [-0.1, -0.05) is 0 Å². The Morgan fingerprint density at radius 2 is 1.96 bits per heavy atom. The lowest BCUT2D eigenvalue weighted by molar-refractivity contribution is -0.274. The zero-order valence-electron chi connectivity index (χ0n) is 13.5. The Morgan fingerprint density at radius 3 is 2.63 bits per heavy atom. The van der Waals surface area contributed by atoms with Crippen LogP contribution in [0.4, 0.5) is 18.0 Å². The molecule has 3 rings (SSSR count). The number of nitrogens with zero attached hydrogens (tertiary/aromatic N) is 2. The molecule has 1 N–H and O–H groups in total. The zero-order valence-corrected chi connectivity index (χ0v) is 14.3. The second kappa shape index (κ2) is 7.43. The number of rotatable bonds is 5. The van der Waals surface area contributed by atoms with Crippen LogP contribution in [0.1, 0.15) is 10.4 Å². The quantitative estimate of drug-likeness (QED) is 0.821. The number of amides is 4. The van der Waals surface area contributed by atoms with Crippen molar-refractivity contribution in [2.45, 2.75) is 11.6 Å². The van der Waals surface area contributed by atoms with Gasteiger partial charge in [-0.25, -0.2) is 4.79 Å². The highest BCUT2D eigenvalue weighted by molar-refractivity contribution is 8.04. The monoisotopic (exact) mass is 399 g/mol. The van der Waals surface area contributed by atoms with Gasteiger partial charge in [0.05, 0.1) is 5.71 Å². The molecule has 4 amide bonds. The maximum absolute atomic E-state index is 12.3. The average molecular weight is 399 g/mol. The fourth-order valence-electron chi connectivity index (χ4n) is 2.43. The number of urea groups is 1. The number of alkyl halides is 3. The number of nitrogens with one attached hydrogen (secondary N) is 1. The molecule has 7 nitrogen and oxygen atoms in total. The summed E-state index contributed by atoms with van der Waals surface area (Å²) >= 11 is 1.25. The van der Waals surface area contributed by atoms with E-state index in [-0.39, 0.29) is 18.7 Å². The van der Waals surface area contributed by atoms with Crippen molar-refractivity contribution in [1.29, 1.82) is 0 Å². The van der Waals surface area contributed by atoms with Crippen molar-refractivity contribution in [3.8, 4) is 5.75 Å². The Bertz CT molecular complexity index is 836. The van der Waals surface area contributed by atoms with Gasteiger partial charge in [-0.15, -0.1) is 24.9 Å². The number of ether oxygens (including phenoxy) is 1. The van der Waals surface area contributed by atoms with E-state index >= 15 is 0 Å². The first-order valence-corrected chi connectivity index (χ1v) is 8.59. The number of aliphatic imine (C=N–C) groups is 1. The molecule has 2 aliphatic rings. The highest BCUT2D eigenvalue weighted by Crippen LogP contribution is 2.27. The summed E-state index contributed by atoms with van der Waals surface area (Å²) in [6, 6.07) is 3.68. The number of benzene rings is 1. The van der Waals surface area contributed by atoms with Crippen LogP contribution in [0.5, 0.6) is 5.75 Å². The van der Waals surface area contributed by atoms with Crippen LogP contribution >= 0.6 is 11.8 Å². The third-order valence-corrected chi connectivity index (χ3v) is 4.65. The van der Waals surface area contributed by atoms with E-state index in [1.54, 1.807) is 11.5 Å². The molecular weight excluding hydrogens is 387 g/mol. The fourth-order valence-corrected chi connectivity index (χ4v) is 3.32.